The molecule has 8 nitrogen and oxygen atoms in total. The number of nitrogens with zero attached hydrogens (tertiary/aromatic N) is 2. The number of aliphatic hydroxyl groups is 1. The number of aliphatic hydroxyl groups excluding tert-OH is 1. The lowest BCUT2D eigenvalue weighted by atomic mass is 9.94. The highest BCUT2D eigenvalue weighted by Gasteiger charge is 2.47. The molecule has 156 valence electrons. The molecule has 1 atom stereocenters. The predicted molar refractivity (Wildman–Crippen MR) is 106 cm³/mol. The molecule has 0 saturated carbocycles. The van der Waals surface area contributed by atoms with Crippen LogP contribution in [0.3, 0.4) is 0 Å². The van der Waals surface area contributed by atoms with Crippen LogP contribution in [0.25, 0.3) is 5.76 Å². The van der Waals surface area contributed by atoms with Crippen LogP contribution in [0.2, 0.25) is 0 Å². The van der Waals surface area contributed by atoms with Gasteiger partial charge < -0.3 is 14.4 Å². The van der Waals surface area contributed by atoms with Gasteiger partial charge in [0.15, 0.2) is 0 Å². The molecule has 9 heteroatoms. The highest BCUT2D eigenvalue weighted by Crippen LogP contribution is 2.41. The smallest absolute Gasteiger partial charge is 0.296 e. The van der Waals surface area contributed by atoms with Crippen molar-refractivity contribution in [2.45, 2.75) is 12.6 Å². The van der Waals surface area contributed by atoms with Crippen molar-refractivity contribution in [3.63, 3.8) is 0 Å². The maximum absolute atomic E-state index is 14.7. The molecule has 0 aliphatic carbocycles. The number of hydrogen-bond donors (Lipinski definition) is 1. The molecule has 1 aromatic heterocycles. The predicted octanol–water partition coefficient (Wildman–Crippen LogP) is 3.95. The number of non-ortho nitro benzene ring substituents is 1. The third-order valence-corrected chi connectivity index (χ3v) is 4.98. The van der Waals surface area contributed by atoms with Crippen molar-refractivity contribution in [1.82, 2.24) is 4.90 Å². The molecule has 1 fully saturated rings. The van der Waals surface area contributed by atoms with Gasteiger partial charge in [0.05, 0.1) is 29.3 Å². The van der Waals surface area contributed by atoms with Gasteiger partial charge in [0, 0.05) is 23.3 Å². The van der Waals surface area contributed by atoms with Crippen LogP contribution in [-0.4, -0.2) is 26.6 Å². The van der Waals surface area contributed by atoms with Gasteiger partial charge in [0.2, 0.25) is 0 Å². The van der Waals surface area contributed by atoms with E-state index >= 15 is 0 Å². The Balaban J connectivity index is 1.90. The molecule has 0 spiro atoms. The minimum atomic E-state index is -1.24. The zero-order chi connectivity index (χ0) is 22.1. The maximum Gasteiger partial charge on any atom is 0.296 e. The average Bonchev–Trinajstić information content (AvgIpc) is 3.36. The third-order valence-electron chi connectivity index (χ3n) is 4.98. The number of nitro benzene ring substituents is 1. The molecule has 2 heterocycles. The quantitative estimate of drug-likeness (QED) is 0.219. The van der Waals surface area contributed by atoms with Gasteiger partial charge in [0.25, 0.3) is 17.4 Å². The van der Waals surface area contributed by atoms with Crippen LogP contribution in [0.1, 0.15) is 22.9 Å². The molecule has 3 aromatic rings. The highest BCUT2D eigenvalue weighted by molar-refractivity contribution is 6.46. The van der Waals surface area contributed by atoms with Gasteiger partial charge in [-0.2, -0.15) is 0 Å². The Morgan fingerprint density at radius 3 is 2.58 bits per heavy atom. The maximum atomic E-state index is 14.7. The molecule has 4 rings (SSSR count). The Morgan fingerprint density at radius 2 is 1.90 bits per heavy atom. The van der Waals surface area contributed by atoms with Crippen molar-refractivity contribution < 1.29 is 28.4 Å². The van der Waals surface area contributed by atoms with Gasteiger partial charge in [-0.3, -0.25) is 19.7 Å². The normalized spacial score (nSPS) is 17.8. The van der Waals surface area contributed by atoms with Crippen LogP contribution in [0.15, 0.2) is 76.9 Å². The summed E-state index contributed by atoms with van der Waals surface area (Å²) in [6.45, 7) is -0.137. The molecule has 1 saturated heterocycles. The van der Waals surface area contributed by atoms with Crippen LogP contribution < -0.4 is 0 Å². The SMILES string of the molecule is O=C1C(=O)N(Cc2ccco2)[C@@H](c2ccccc2F)/C1=C(\O)c1cccc([N+](=O)[O-])c1. The molecular formula is C22H15FN2O6. The van der Waals surface area contributed by atoms with Crippen molar-refractivity contribution in [2.75, 3.05) is 0 Å². The number of ketones is 1. The first kappa shape index (κ1) is 20.0. The van der Waals surface area contributed by atoms with Crippen LogP contribution >= 0.6 is 0 Å². The summed E-state index contributed by atoms with van der Waals surface area (Å²) in [5.41, 5.74) is -0.703. The molecule has 1 aliphatic heterocycles. The number of amides is 1. The molecule has 1 N–H and O–H groups in total. The molecule has 1 aliphatic rings. The van der Waals surface area contributed by atoms with E-state index in [0.717, 1.165) is 11.0 Å². The Kier molecular flexibility index (Phi) is 5.08. The zero-order valence-corrected chi connectivity index (χ0v) is 15.9. The number of carbonyl (C=O) groups excluding carboxylic acids is 2. The van der Waals surface area contributed by atoms with Crippen molar-refractivity contribution in [1.29, 1.82) is 0 Å². The second-order valence-electron chi connectivity index (χ2n) is 6.84. The lowest BCUT2D eigenvalue weighted by Crippen LogP contribution is -2.29. The number of benzene rings is 2. The fourth-order valence-electron chi connectivity index (χ4n) is 3.56. The van der Waals surface area contributed by atoms with Gasteiger partial charge in [0.1, 0.15) is 17.3 Å². The molecular weight excluding hydrogens is 407 g/mol. The van der Waals surface area contributed by atoms with Crippen LogP contribution in [0.4, 0.5) is 10.1 Å². The Morgan fingerprint density at radius 1 is 1.13 bits per heavy atom. The summed E-state index contributed by atoms with van der Waals surface area (Å²) in [7, 11) is 0. The van der Waals surface area contributed by atoms with Gasteiger partial charge in [-0.25, -0.2) is 4.39 Å². The Labute approximate surface area is 175 Å². The van der Waals surface area contributed by atoms with Crippen molar-refractivity contribution in [3.05, 3.63) is 105 Å². The number of nitro groups is 1. The standard InChI is InChI=1S/C22H15FN2O6/c23-17-9-2-1-8-16(17)19-18(20(26)13-5-3-6-14(11-13)25(29)30)21(27)22(28)24(19)12-15-7-4-10-31-15/h1-11,19,26H,12H2/b20-18+/t19-/m0/s1. The number of rotatable bonds is 5. The van der Waals surface area contributed by atoms with Crippen LogP contribution in [0.5, 0.6) is 0 Å². The number of hydrogen-bond acceptors (Lipinski definition) is 6. The van der Waals surface area contributed by atoms with Gasteiger partial charge >= 0.3 is 0 Å². The van der Waals surface area contributed by atoms with E-state index < -0.39 is 34.2 Å². The fraction of sp³-hybridized carbons (Fsp3) is 0.0909. The van der Waals surface area contributed by atoms with Gasteiger partial charge in [-0.1, -0.05) is 30.3 Å². The summed E-state index contributed by atoms with van der Waals surface area (Å²) in [6.07, 6.45) is 1.40. The number of furan rings is 1. The van der Waals surface area contributed by atoms with E-state index in [1.165, 1.54) is 42.7 Å². The van der Waals surface area contributed by atoms with Crippen molar-refractivity contribution in [2.24, 2.45) is 0 Å². The first-order valence-electron chi connectivity index (χ1n) is 9.18. The minimum absolute atomic E-state index is 0.000219. The van der Waals surface area contributed by atoms with Crippen molar-refractivity contribution >= 4 is 23.1 Å². The lowest BCUT2D eigenvalue weighted by molar-refractivity contribution is -0.384. The molecule has 0 bridgehead atoms. The van der Waals surface area contributed by atoms with E-state index in [-0.39, 0.29) is 28.9 Å². The average molecular weight is 422 g/mol. The topological polar surface area (TPSA) is 114 Å². The molecule has 31 heavy (non-hydrogen) atoms. The Hall–Kier alpha value is -4.27. The first-order chi connectivity index (χ1) is 14.9. The monoisotopic (exact) mass is 422 g/mol. The minimum Gasteiger partial charge on any atom is -0.507 e. The van der Waals surface area contributed by atoms with E-state index in [4.69, 9.17) is 4.42 Å². The zero-order valence-electron chi connectivity index (χ0n) is 15.9. The summed E-state index contributed by atoms with van der Waals surface area (Å²) in [4.78, 5) is 37.2. The first-order valence-corrected chi connectivity index (χ1v) is 9.18. The van der Waals surface area contributed by atoms with E-state index in [1.54, 1.807) is 18.2 Å². The molecule has 0 unspecified atom stereocenters. The number of carbonyl (C=O) groups is 2. The van der Waals surface area contributed by atoms with Crippen LogP contribution in [-0.2, 0) is 16.1 Å². The fourth-order valence-corrected chi connectivity index (χ4v) is 3.56. The van der Waals surface area contributed by atoms with E-state index in [1.807, 2.05) is 0 Å². The lowest BCUT2D eigenvalue weighted by Gasteiger charge is -2.24. The molecule has 0 radical (unpaired) electrons. The number of Topliss-reactive ketones (excluding diaryl/α,β-unsaturated/α-hetero) is 1. The summed E-state index contributed by atoms with van der Waals surface area (Å²) in [5.74, 6) is -2.92. The molecule has 1 amide bonds. The van der Waals surface area contributed by atoms with E-state index in [9.17, 15) is 29.2 Å². The van der Waals surface area contributed by atoms with E-state index in [0.29, 0.717) is 5.76 Å². The highest BCUT2D eigenvalue weighted by atomic mass is 19.1. The van der Waals surface area contributed by atoms with Crippen molar-refractivity contribution in [3.8, 4) is 0 Å². The third kappa shape index (κ3) is 3.57. The molecule has 2 aromatic carbocycles. The van der Waals surface area contributed by atoms with Gasteiger partial charge in [-0.15, -0.1) is 0 Å². The Bertz CT molecular complexity index is 1220. The number of halogens is 1. The second-order valence-corrected chi connectivity index (χ2v) is 6.84. The largest absolute Gasteiger partial charge is 0.507 e. The summed E-state index contributed by atoms with van der Waals surface area (Å²) in [6, 6.07) is 12.5. The van der Waals surface area contributed by atoms with Gasteiger partial charge in [-0.05, 0) is 18.2 Å². The van der Waals surface area contributed by atoms with Crippen LogP contribution in [0, 0.1) is 15.9 Å². The summed E-state index contributed by atoms with van der Waals surface area (Å²) < 4.78 is 20.0. The second kappa shape index (κ2) is 7.86. The summed E-state index contributed by atoms with van der Waals surface area (Å²) >= 11 is 0. The summed E-state index contributed by atoms with van der Waals surface area (Å²) in [5, 5.41) is 22.0. The van der Waals surface area contributed by atoms with E-state index in [2.05, 4.69) is 0 Å². The number of likely N-dealkylation sites (tertiary alicyclic amines) is 1.